The molecule has 0 bridgehead atoms. The molecule has 1 saturated heterocycles. The van der Waals surface area contributed by atoms with Gasteiger partial charge in [-0.15, -0.1) is 0 Å². The Labute approximate surface area is 112 Å². The van der Waals surface area contributed by atoms with E-state index in [4.69, 9.17) is 10.00 Å². The van der Waals surface area contributed by atoms with E-state index in [1.807, 2.05) is 6.07 Å². The molecule has 1 aliphatic rings. The maximum Gasteiger partial charge on any atom is 0.296 e. The fourth-order valence-electron chi connectivity index (χ4n) is 1.80. The van der Waals surface area contributed by atoms with Crippen LogP contribution in [0.5, 0.6) is 5.75 Å². The van der Waals surface area contributed by atoms with Crippen LogP contribution in [-0.4, -0.2) is 25.1 Å². The zero-order valence-corrected chi connectivity index (χ0v) is 11.0. The maximum absolute atomic E-state index is 13.6. The summed E-state index contributed by atoms with van der Waals surface area (Å²) >= 11 is 3.22. The maximum atomic E-state index is 13.6. The molecule has 96 valence electrons. The Hall–Kier alpha value is -1.19. The molecule has 0 spiro atoms. The number of halogens is 3. The van der Waals surface area contributed by atoms with Gasteiger partial charge in [0.25, 0.3) is 5.92 Å². The summed E-state index contributed by atoms with van der Waals surface area (Å²) in [5, 5.41) is 11.6. The molecule has 1 aromatic rings. The van der Waals surface area contributed by atoms with Crippen molar-refractivity contribution in [2.75, 3.05) is 13.1 Å². The van der Waals surface area contributed by atoms with Crippen molar-refractivity contribution in [1.29, 1.82) is 5.26 Å². The predicted octanol–water partition coefficient (Wildman–Crippen LogP) is 2.70. The summed E-state index contributed by atoms with van der Waals surface area (Å²) in [5.74, 6) is -2.72. The molecule has 1 aliphatic heterocycles. The highest BCUT2D eigenvalue weighted by atomic mass is 79.9. The van der Waals surface area contributed by atoms with Crippen LogP contribution in [0, 0.1) is 11.3 Å². The normalized spacial score (nSPS) is 22.2. The molecule has 1 N–H and O–H groups in total. The van der Waals surface area contributed by atoms with E-state index >= 15 is 0 Å². The van der Waals surface area contributed by atoms with Crippen LogP contribution in [-0.2, 0) is 0 Å². The van der Waals surface area contributed by atoms with Crippen molar-refractivity contribution in [1.82, 2.24) is 5.32 Å². The monoisotopic (exact) mass is 316 g/mol. The van der Waals surface area contributed by atoms with E-state index < -0.39 is 18.6 Å². The molecule has 0 unspecified atom stereocenters. The van der Waals surface area contributed by atoms with Gasteiger partial charge >= 0.3 is 0 Å². The van der Waals surface area contributed by atoms with Gasteiger partial charge in [-0.3, -0.25) is 0 Å². The summed E-state index contributed by atoms with van der Waals surface area (Å²) in [6.45, 7) is 0.0920. The number of hydrogen-bond donors (Lipinski definition) is 1. The fraction of sp³-hybridized carbons (Fsp3) is 0.417. The van der Waals surface area contributed by atoms with E-state index in [2.05, 4.69) is 21.2 Å². The highest BCUT2D eigenvalue weighted by Gasteiger charge is 2.43. The van der Waals surface area contributed by atoms with E-state index in [0.29, 0.717) is 11.0 Å². The Kier molecular flexibility index (Phi) is 3.83. The molecular weight excluding hydrogens is 306 g/mol. The summed E-state index contributed by atoms with van der Waals surface area (Å²) in [6.07, 6.45) is -0.972. The average molecular weight is 317 g/mol. The van der Waals surface area contributed by atoms with Crippen molar-refractivity contribution in [2.45, 2.75) is 18.4 Å². The molecule has 2 rings (SSSR count). The molecule has 0 radical (unpaired) electrons. The van der Waals surface area contributed by atoms with E-state index in [1.165, 1.54) is 6.07 Å². The van der Waals surface area contributed by atoms with Gasteiger partial charge in [-0.2, -0.15) is 5.26 Å². The molecular formula is C12H11BrF2N2O. The van der Waals surface area contributed by atoms with Gasteiger partial charge < -0.3 is 10.1 Å². The molecule has 1 atom stereocenters. The number of hydrogen-bond acceptors (Lipinski definition) is 3. The second-order valence-corrected chi connectivity index (χ2v) is 5.00. The van der Waals surface area contributed by atoms with Crippen LogP contribution in [0.15, 0.2) is 22.7 Å². The molecule has 0 aliphatic carbocycles. The lowest BCUT2D eigenvalue weighted by Gasteiger charge is -2.32. The third-order valence-electron chi connectivity index (χ3n) is 2.75. The first-order chi connectivity index (χ1) is 8.53. The summed E-state index contributed by atoms with van der Waals surface area (Å²) in [5.41, 5.74) is 0.249. The molecule has 0 aromatic heterocycles. The summed E-state index contributed by atoms with van der Waals surface area (Å²) in [6, 6.07) is 6.68. The van der Waals surface area contributed by atoms with Gasteiger partial charge in [0.2, 0.25) is 0 Å². The number of alkyl halides is 2. The van der Waals surface area contributed by atoms with Crippen LogP contribution in [0.25, 0.3) is 0 Å². The van der Waals surface area contributed by atoms with Crippen LogP contribution >= 0.6 is 15.9 Å². The van der Waals surface area contributed by atoms with Gasteiger partial charge in [0.15, 0.2) is 6.10 Å². The zero-order valence-electron chi connectivity index (χ0n) is 9.42. The lowest BCUT2D eigenvalue weighted by atomic mass is 10.1. The predicted molar refractivity (Wildman–Crippen MR) is 65.7 cm³/mol. The van der Waals surface area contributed by atoms with Crippen molar-refractivity contribution in [3.63, 3.8) is 0 Å². The van der Waals surface area contributed by atoms with Crippen LogP contribution in [0.3, 0.4) is 0 Å². The molecule has 18 heavy (non-hydrogen) atoms. The lowest BCUT2D eigenvalue weighted by molar-refractivity contribution is -0.109. The smallest absolute Gasteiger partial charge is 0.296 e. The number of rotatable bonds is 2. The molecule has 0 saturated carbocycles. The number of ether oxygens (including phenoxy) is 1. The Bertz CT molecular complexity index is 487. The van der Waals surface area contributed by atoms with E-state index in [0.717, 1.165) is 0 Å². The first kappa shape index (κ1) is 13.2. The molecule has 1 fully saturated rings. The van der Waals surface area contributed by atoms with Gasteiger partial charge in [0.05, 0.1) is 12.1 Å². The third kappa shape index (κ3) is 2.79. The first-order valence-corrected chi connectivity index (χ1v) is 6.27. The van der Waals surface area contributed by atoms with E-state index in [-0.39, 0.29) is 17.7 Å². The highest BCUT2D eigenvalue weighted by molar-refractivity contribution is 9.10. The standard InChI is InChI=1S/C12H11BrF2N2O/c13-9-1-2-10(8(5-9)6-16)18-11-3-4-17-7-12(11,14)15/h1-2,5,11,17H,3-4,7H2/t11-/m0/s1. The van der Waals surface area contributed by atoms with Gasteiger partial charge in [-0.25, -0.2) is 8.78 Å². The van der Waals surface area contributed by atoms with Crippen LogP contribution in [0.1, 0.15) is 12.0 Å². The Morgan fingerprint density at radius 2 is 2.28 bits per heavy atom. The number of nitrogens with one attached hydrogen (secondary N) is 1. The molecule has 3 nitrogen and oxygen atoms in total. The number of nitriles is 1. The van der Waals surface area contributed by atoms with Crippen molar-refractivity contribution >= 4 is 15.9 Å². The second kappa shape index (κ2) is 5.21. The van der Waals surface area contributed by atoms with Crippen molar-refractivity contribution < 1.29 is 13.5 Å². The van der Waals surface area contributed by atoms with E-state index in [1.54, 1.807) is 12.1 Å². The lowest BCUT2D eigenvalue weighted by Crippen LogP contribution is -2.52. The Morgan fingerprint density at radius 1 is 1.50 bits per heavy atom. The van der Waals surface area contributed by atoms with Gasteiger partial charge in [-0.05, 0) is 24.7 Å². The molecule has 1 aromatic carbocycles. The van der Waals surface area contributed by atoms with E-state index in [9.17, 15) is 8.78 Å². The average Bonchev–Trinajstić information content (AvgIpc) is 2.33. The first-order valence-electron chi connectivity index (χ1n) is 5.48. The van der Waals surface area contributed by atoms with Crippen molar-refractivity contribution in [2.24, 2.45) is 0 Å². The summed E-state index contributed by atoms with van der Waals surface area (Å²) in [7, 11) is 0. The zero-order chi connectivity index (χ0) is 13.2. The SMILES string of the molecule is N#Cc1cc(Br)ccc1O[C@H]1CCNCC1(F)F. The number of nitrogens with zero attached hydrogens (tertiary/aromatic N) is 1. The minimum atomic E-state index is -2.92. The highest BCUT2D eigenvalue weighted by Crippen LogP contribution is 2.30. The van der Waals surface area contributed by atoms with Crippen molar-refractivity contribution in [3.8, 4) is 11.8 Å². The molecule has 1 heterocycles. The topological polar surface area (TPSA) is 45.0 Å². The summed E-state index contributed by atoms with van der Waals surface area (Å²) < 4.78 is 33.2. The quantitative estimate of drug-likeness (QED) is 0.912. The van der Waals surface area contributed by atoms with Crippen LogP contribution in [0.2, 0.25) is 0 Å². The third-order valence-corrected chi connectivity index (χ3v) is 3.24. The Balaban J connectivity index is 2.21. The second-order valence-electron chi connectivity index (χ2n) is 4.09. The Morgan fingerprint density at radius 3 is 2.94 bits per heavy atom. The number of piperidine rings is 1. The molecule has 6 heteroatoms. The van der Waals surface area contributed by atoms with Crippen molar-refractivity contribution in [3.05, 3.63) is 28.2 Å². The van der Waals surface area contributed by atoms with Gasteiger partial charge in [-0.1, -0.05) is 15.9 Å². The summed E-state index contributed by atoms with van der Waals surface area (Å²) in [4.78, 5) is 0. The van der Waals surface area contributed by atoms with Gasteiger partial charge in [0.1, 0.15) is 11.8 Å². The minimum Gasteiger partial charge on any atom is -0.483 e. The van der Waals surface area contributed by atoms with Crippen LogP contribution < -0.4 is 10.1 Å². The molecule has 0 amide bonds. The largest absolute Gasteiger partial charge is 0.483 e. The fourth-order valence-corrected chi connectivity index (χ4v) is 2.17. The number of benzene rings is 1. The van der Waals surface area contributed by atoms with Crippen LogP contribution in [0.4, 0.5) is 8.78 Å². The van der Waals surface area contributed by atoms with Gasteiger partial charge in [0, 0.05) is 10.9 Å². The minimum absolute atomic E-state index is 0.201.